The first-order chi connectivity index (χ1) is 10.6. The van der Waals surface area contributed by atoms with Crippen LogP contribution in [0.25, 0.3) is 0 Å². The number of thiophene rings is 1. The SMILES string of the molecule is O=C(c1ccccc1)N1CCN(C(=O)c2ccc(Br)s2)CC1. The van der Waals surface area contributed by atoms with Gasteiger partial charge < -0.3 is 9.80 Å². The number of carbonyl (C=O) groups excluding carboxylic acids is 2. The molecule has 2 aromatic rings. The van der Waals surface area contributed by atoms with Gasteiger partial charge in [-0.1, -0.05) is 18.2 Å². The Morgan fingerprint density at radius 2 is 1.45 bits per heavy atom. The summed E-state index contributed by atoms with van der Waals surface area (Å²) in [7, 11) is 0. The van der Waals surface area contributed by atoms with E-state index in [1.165, 1.54) is 11.3 Å². The molecule has 0 saturated carbocycles. The minimum absolute atomic E-state index is 0.0339. The minimum Gasteiger partial charge on any atom is -0.335 e. The number of rotatable bonds is 2. The summed E-state index contributed by atoms with van der Waals surface area (Å²) in [4.78, 5) is 29.1. The van der Waals surface area contributed by atoms with Gasteiger partial charge in [0.15, 0.2) is 0 Å². The van der Waals surface area contributed by atoms with Crippen LogP contribution in [0, 0.1) is 0 Å². The van der Waals surface area contributed by atoms with Crippen LogP contribution in [0.3, 0.4) is 0 Å². The van der Waals surface area contributed by atoms with E-state index in [1.54, 1.807) is 0 Å². The fourth-order valence-corrected chi connectivity index (χ4v) is 3.82. The Labute approximate surface area is 141 Å². The maximum Gasteiger partial charge on any atom is 0.264 e. The molecule has 114 valence electrons. The van der Waals surface area contributed by atoms with Gasteiger partial charge in [0.25, 0.3) is 11.8 Å². The fraction of sp³-hybridized carbons (Fsp3) is 0.250. The van der Waals surface area contributed by atoms with Gasteiger partial charge in [-0.2, -0.15) is 0 Å². The van der Waals surface area contributed by atoms with Crippen LogP contribution in [0.5, 0.6) is 0 Å². The largest absolute Gasteiger partial charge is 0.335 e. The Hall–Kier alpha value is -1.66. The lowest BCUT2D eigenvalue weighted by atomic mass is 10.2. The highest BCUT2D eigenvalue weighted by Crippen LogP contribution is 2.23. The van der Waals surface area contributed by atoms with Gasteiger partial charge in [0, 0.05) is 31.7 Å². The molecular weight excluding hydrogens is 364 g/mol. The van der Waals surface area contributed by atoms with Gasteiger partial charge in [0.1, 0.15) is 0 Å². The summed E-state index contributed by atoms with van der Waals surface area (Å²) in [5, 5.41) is 0. The summed E-state index contributed by atoms with van der Waals surface area (Å²) in [6.45, 7) is 2.30. The Morgan fingerprint density at radius 1 is 0.864 bits per heavy atom. The second-order valence-corrected chi connectivity index (χ2v) is 7.52. The number of hydrogen-bond acceptors (Lipinski definition) is 3. The molecule has 0 bridgehead atoms. The van der Waals surface area contributed by atoms with Gasteiger partial charge in [-0.25, -0.2) is 0 Å². The maximum atomic E-state index is 12.4. The number of piperazine rings is 1. The number of hydrogen-bond donors (Lipinski definition) is 0. The quantitative estimate of drug-likeness (QED) is 0.805. The monoisotopic (exact) mass is 378 g/mol. The van der Waals surface area contributed by atoms with Crippen LogP contribution in [0.15, 0.2) is 46.3 Å². The molecule has 0 atom stereocenters. The first kappa shape index (κ1) is 15.2. The highest BCUT2D eigenvalue weighted by atomic mass is 79.9. The summed E-state index contributed by atoms with van der Waals surface area (Å²) in [5.41, 5.74) is 0.699. The van der Waals surface area contributed by atoms with E-state index in [0.717, 1.165) is 8.66 Å². The Morgan fingerprint density at radius 3 is 2.00 bits per heavy atom. The van der Waals surface area contributed by atoms with Crippen LogP contribution in [0.4, 0.5) is 0 Å². The van der Waals surface area contributed by atoms with Gasteiger partial charge in [0.2, 0.25) is 0 Å². The van der Waals surface area contributed by atoms with E-state index in [2.05, 4.69) is 15.9 Å². The summed E-state index contributed by atoms with van der Waals surface area (Å²) < 4.78 is 0.953. The third kappa shape index (κ3) is 3.23. The second kappa shape index (κ2) is 6.62. The van der Waals surface area contributed by atoms with Gasteiger partial charge in [-0.15, -0.1) is 11.3 Å². The zero-order valence-corrected chi connectivity index (χ0v) is 14.3. The van der Waals surface area contributed by atoms with Crippen LogP contribution in [0.2, 0.25) is 0 Å². The molecule has 1 aliphatic rings. The van der Waals surface area contributed by atoms with E-state index in [0.29, 0.717) is 31.7 Å². The standard InChI is InChI=1S/C16H15BrN2O2S/c17-14-7-6-13(22-14)16(21)19-10-8-18(9-11-19)15(20)12-4-2-1-3-5-12/h1-7H,8-11H2. The average Bonchev–Trinajstić information content (AvgIpc) is 3.01. The fourth-order valence-electron chi connectivity index (χ4n) is 2.46. The van der Waals surface area contributed by atoms with Gasteiger partial charge in [-0.3, -0.25) is 9.59 Å². The van der Waals surface area contributed by atoms with Gasteiger partial charge >= 0.3 is 0 Å². The first-order valence-electron chi connectivity index (χ1n) is 7.04. The van der Waals surface area contributed by atoms with Crippen molar-refractivity contribution >= 4 is 39.1 Å². The van der Waals surface area contributed by atoms with E-state index in [-0.39, 0.29) is 11.8 Å². The van der Waals surface area contributed by atoms with Crippen molar-refractivity contribution in [1.82, 2.24) is 9.80 Å². The third-order valence-electron chi connectivity index (χ3n) is 3.66. The van der Waals surface area contributed by atoms with E-state index in [4.69, 9.17) is 0 Å². The molecule has 22 heavy (non-hydrogen) atoms. The van der Waals surface area contributed by atoms with Crippen molar-refractivity contribution in [3.8, 4) is 0 Å². The van der Waals surface area contributed by atoms with E-state index in [9.17, 15) is 9.59 Å². The van der Waals surface area contributed by atoms with E-state index < -0.39 is 0 Å². The van der Waals surface area contributed by atoms with Gasteiger partial charge in [0.05, 0.1) is 8.66 Å². The van der Waals surface area contributed by atoms with Crippen LogP contribution >= 0.6 is 27.3 Å². The molecule has 1 aliphatic heterocycles. The highest BCUT2D eigenvalue weighted by molar-refractivity contribution is 9.11. The number of benzene rings is 1. The van der Waals surface area contributed by atoms with Crippen molar-refractivity contribution in [2.75, 3.05) is 26.2 Å². The lowest BCUT2D eigenvalue weighted by Gasteiger charge is -2.34. The van der Waals surface area contributed by atoms with E-state index >= 15 is 0 Å². The van der Waals surface area contributed by atoms with Crippen molar-refractivity contribution in [3.05, 3.63) is 56.7 Å². The van der Waals surface area contributed by atoms with Crippen molar-refractivity contribution in [2.45, 2.75) is 0 Å². The Kier molecular flexibility index (Phi) is 4.59. The molecule has 1 aromatic heterocycles. The second-order valence-electron chi connectivity index (χ2n) is 5.05. The molecule has 4 nitrogen and oxygen atoms in total. The normalized spacial score (nSPS) is 15.0. The minimum atomic E-state index is 0.0339. The molecule has 0 unspecified atom stereocenters. The zero-order chi connectivity index (χ0) is 15.5. The lowest BCUT2D eigenvalue weighted by Crippen LogP contribution is -2.50. The molecular formula is C16H15BrN2O2S. The molecule has 0 spiro atoms. The number of amides is 2. The molecule has 1 fully saturated rings. The van der Waals surface area contributed by atoms with E-state index in [1.807, 2.05) is 52.3 Å². The predicted molar refractivity (Wildman–Crippen MR) is 90.3 cm³/mol. The summed E-state index contributed by atoms with van der Waals surface area (Å²) in [6.07, 6.45) is 0. The zero-order valence-electron chi connectivity index (χ0n) is 11.9. The lowest BCUT2D eigenvalue weighted by molar-refractivity contribution is 0.0538. The highest BCUT2D eigenvalue weighted by Gasteiger charge is 2.25. The molecule has 0 radical (unpaired) electrons. The molecule has 2 amide bonds. The molecule has 0 N–H and O–H groups in total. The number of halogens is 1. The average molecular weight is 379 g/mol. The third-order valence-corrected chi connectivity index (χ3v) is 5.27. The molecule has 3 rings (SSSR count). The molecule has 1 saturated heterocycles. The van der Waals surface area contributed by atoms with Crippen LogP contribution in [-0.2, 0) is 0 Å². The number of carbonyl (C=O) groups is 2. The van der Waals surface area contributed by atoms with Gasteiger partial charge in [-0.05, 0) is 40.2 Å². The summed E-state index contributed by atoms with van der Waals surface area (Å²) in [5.74, 6) is 0.0778. The molecule has 0 aliphatic carbocycles. The Bertz CT molecular complexity index is 678. The maximum absolute atomic E-state index is 12.4. The molecule has 2 heterocycles. The molecule has 1 aromatic carbocycles. The van der Waals surface area contributed by atoms with Crippen molar-refractivity contribution < 1.29 is 9.59 Å². The van der Waals surface area contributed by atoms with Crippen LogP contribution in [0.1, 0.15) is 20.0 Å². The smallest absolute Gasteiger partial charge is 0.264 e. The van der Waals surface area contributed by atoms with Crippen LogP contribution in [-0.4, -0.2) is 47.8 Å². The summed E-state index contributed by atoms with van der Waals surface area (Å²) in [6, 6.07) is 13.0. The van der Waals surface area contributed by atoms with Crippen molar-refractivity contribution in [2.24, 2.45) is 0 Å². The topological polar surface area (TPSA) is 40.6 Å². The van der Waals surface area contributed by atoms with Crippen LogP contribution < -0.4 is 0 Å². The number of nitrogens with zero attached hydrogens (tertiary/aromatic N) is 2. The summed E-state index contributed by atoms with van der Waals surface area (Å²) >= 11 is 4.81. The van der Waals surface area contributed by atoms with Crippen molar-refractivity contribution in [1.29, 1.82) is 0 Å². The first-order valence-corrected chi connectivity index (χ1v) is 8.65. The van der Waals surface area contributed by atoms with Crippen molar-refractivity contribution in [3.63, 3.8) is 0 Å². The Balaban J connectivity index is 1.61. The predicted octanol–water partition coefficient (Wildman–Crippen LogP) is 3.11. The molecule has 6 heteroatoms.